The first-order valence-corrected chi connectivity index (χ1v) is 8.00. The summed E-state index contributed by atoms with van der Waals surface area (Å²) in [7, 11) is -2.88. The molecule has 100 valence electrons. The highest BCUT2D eigenvalue weighted by Crippen LogP contribution is 2.33. The molecule has 0 radical (unpaired) electrons. The second kappa shape index (κ2) is 5.24. The molecule has 1 aromatic rings. The monoisotopic (exact) mass is 269 g/mol. The van der Waals surface area contributed by atoms with Crippen LogP contribution >= 0.6 is 0 Å². The molecule has 1 fully saturated rings. The number of hydrogen-bond donors (Lipinski definition) is 2. The quantitative estimate of drug-likeness (QED) is 0.842. The zero-order chi connectivity index (χ0) is 13.2. The summed E-state index contributed by atoms with van der Waals surface area (Å²) in [6.07, 6.45) is 2.33. The zero-order valence-electron chi connectivity index (χ0n) is 10.5. The molecule has 18 heavy (non-hydrogen) atoms. The standard InChI is InChI=1S/C12H19N3O2S/c1-2-14-11(9-5-7-18(16,17)8-9)10-4-3-6-15-12(10)13/h3-4,6,9,11,14H,2,5,7-8H2,1H3,(H2,13,15). The van der Waals surface area contributed by atoms with E-state index < -0.39 is 9.84 Å². The summed E-state index contributed by atoms with van der Waals surface area (Å²) in [4.78, 5) is 4.08. The molecule has 3 N–H and O–H groups in total. The summed E-state index contributed by atoms with van der Waals surface area (Å²) in [6, 6.07) is 3.72. The first kappa shape index (κ1) is 13.3. The Bertz CT molecular complexity index is 516. The van der Waals surface area contributed by atoms with Gasteiger partial charge in [-0.3, -0.25) is 0 Å². The number of nitrogen functional groups attached to an aromatic ring is 1. The van der Waals surface area contributed by atoms with Gasteiger partial charge in [0.15, 0.2) is 9.84 Å². The minimum atomic E-state index is -2.88. The highest BCUT2D eigenvalue weighted by atomic mass is 32.2. The Morgan fingerprint density at radius 1 is 1.61 bits per heavy atom. The van der Waals surface area contributed by atoms with Gasteiger partial charge in [-0.05, 0) is 24.9 Å². The smallest absolute Gasteiger partial charge is 0.150 e. The number of rotatable bonds is 4. The van der Waals surface area contributed by atoms with Crippen molar-refractivity contribution in [3.63, 3.8) is 0 Å². The molecule has 0 saturated carbocycles. The van der Waals surface area contributed by atoms with Gasteiger partial charge in [-0.15, -0.1) is 0 Å². The van der Waals surface area contributed by atoms with Gasteiger partial charge in [0.25, 0.3) is 0 Å². The average Bonchev–Trinajstić information content (AvgIpc) is 2.68. The van der Waals surface area contributed by atoms with E-state index in [1.807, 2.05) is 19.1 Å². The van der Waals surface area contributed by atoms with Gasteiger partial charge in [0.2, 0.25) is 0 Å². The van der Waals surface area contributed by atoms with E-state index in [9.17, 15) is 8.42 Å². The summed E-state index contributed by atoms with van der Waals surface area (Å²) in [5.41, 5.74) is 6.79. The van der Waals surface area contributed by atoms with Gasteiger partial charge in [-0.25, -0.2) is 13.4 Å². The van der Waals surface area contributed by atoms with Gasteiger partial charge >= 0.3 is 0 Å². The van der Waals surface area contributed by atoms with Crippen molar-refractivity contribution < 1.29 is 8.42 Å². The molecule has 0 spiro atoms. The molecule has 6 heteroatoms. The number of pyridine rings is 1. The summed E-state index contributed by atoms with van der Waals surface area (Å²) in [6.45, 7) is 2.78. The zero-order valence-corrected chi connectivity index (χ0v) is 11.3. The predicted molar refractivity (Wildman–Crippen MR) is 71.8 cm³/mol. The molecule has 2 heterocycles. The van der Waals surface area contributed by atoms with E-state index in [0.717, 1.165) is 12.1 Å². The van der Waals surface area contributed by atoms with Crippen LogP contribution in [0.2, 0.25) is 0 Å². The number of anilines is 1. The van der Waals surface area contributed by atoms with E-state index in [1.165, 1.54) is 0 Å². The molecule has 0 bridgehead atoms. The van der Waals surface area contributed by atoms with Crippen LogP contribution in [0.5, 0.6) is 0 Å². The van der Waals surface area contributed by atoms with Crippen molar-refractivity contribution in [2.75, 3.05) is 23.8 Å². The molecular formula is C12H19N3O2S. The molecule has 5 nitrogen and oxygen atoms in total. The molecule has 1 aliphatic heterocycles. The van der Waals surface area contributed by atoms with E-state index in [0.29, 0.717) is 12.2 Å². The SMILES string of the molecule is CCNC(c1cccnc1N)C1CCS(=O)(=O)C1. The van der Waals surface area contributed by atoms with Gasteiger partial charge in [-0.1, -0.05) is 13.0 Å². The molecule has 1 aromatic heterocycles. The molecule has 1 aliphatic rings. The molecule has 0 amide bonds. The van der Waals surface area contributed by atoms with Crippen molar-refractivity contribution in [1.29, 1.82) is 0 Å². The van der Waals surface area contributed by atoms with E-state index in [4.69, 9.17) is 5.73 Å². The third-order valence-corrected chi connectivity index (χ3v) is 5.16. The minimum Gasteiger partial charge on any atom is -0.383 e. The van der Waals surface area contributed by atoms with E-state index in [2.05, 4.69) is 10.3 Å². The van der Waals surface area contributed by atoms with Crippen LogP contribution in [-0.4, -0.2) is 31.5 Å². The Balaban J connectivity index is 2.27. The fraction of sp³-hybridized carbons (Fsp3) is 0.583. The van der Waals surface area contributed by atoms with Crippen molar-refractivity contribution in [1.82, 2.24) is 10.3 Å². The van der Waals surface area contributed by atoms with Gasteiger partial charge in [0.05, 0.1) is 11.5 Å². The first-order valence-electron chi connectivity index (χ1n) is 6.17. The van der Waals surface area contributed by atoms with E-state index >= 15 is 0 Å². The van der Waals surface area contributed by atoms with Gasteiger partial charge < -0.3 is 11.1 Å². The van der Waals surface area contributed by atoms with E-state index in [-0.39, 0.29) is 23.5 Å². The van der Waals surface area contributed by atoms with Crippen LogP contribution in [0.3, 0.4) is 0 Å². The molecule has 0 aliphatic carbocycles. The molecular weight excluding hydrogens is 250 g/mol. The second-order valence-corrected chi connectivity index (χ2v) is 6.91. The van der Waals surface area contributed by atoms with Crippen LogP contribution in [-0.2, 0) is 9.84 Å². The minimum absolute atomic E-state index is 0.0269. The number of nitrogens with zero attached hydrogens (tertiary/aromatic N) is 1. The average molecular weight is 269 g/mol. The Hall–Kier alpha value is -1.14. The highest BCUT2D eigenvalue weighted by molar-refractivity contribution is 7.91. The van der Waals surface area contributed by atoms with Crippen LogP contribution in [0.4, 0.5) is 5.82 Å². The number of nitrogens with one attached hydrogen (secondary N) is 1. The number of sulfone groups is 1. The third-order valence-electron chi connectivity index (χ3n) is 3.37. The van der Waals surface area contributed by atoms with Crippen molar-refractivity contribution in [2.45, 2.75) is 19.4 Å². The highest BCUT2D eigenvalue weighted by Gasteiger charge is 2.34. The molecule has 2 unspecified atom stereocenters. The van der Waals surface area contributed by atoms with Crippen LogP contribution in [0.25, 0.3) is 0 Å². The predicted octanol–water partition coefficient (Wildman–Crippen LogP) is 0.749. The van der Waals surface area contributed by atoms with Crippen LogP contribution in [0.15, 0.2) is 18.3 Å². The second-order valence-electron chi connectivity index (χ2n) is 4.68. The van der Waals surface area contributed by atoms with Gasteiger partial charge in [0.1, 0.15) is 5.82 Å². The molecule has 2 atom stereocenters. The maximum atomic E-state index is 11.6. The molecule has 1 saturated heterocycles. The van der Waals surface area contributed by atoms with Crippen LogP contribution in [0.1, 0.15) is 24.9 Å². The largest absolute Gasteiger partial charge is 0.383 e. The maximum absolute atomic E-state index is 11.6. The van der Waals surface area contributed by atoms with Crippen molar-refractivity contribution in [3.05, 3.63) is 23.9 Å². The number of nitrogens with two attached hydrogens (primary N) is 1. The fourth-order valence-electron chi connectivity index (χ4n) is 2.53. The lowest BCUT2D eigenvalue weighted by Gasteiger charge is -2.24. The Morgan fingerprint density at radius 3 is 2.94 bits per heavy atom. The van der Waals surface area contributed by atoms with E-state index in [1.54, 1.807) is 6.20 Å². The lowest BCUT2D eigenvalue weighted by molar-refractivity contribution is 0.400. The Morgan fingerprint density at radius 2 is 2.39 bits per heavy atom. The summed E-state index contributed by atoms with van der Waals surface area (Å²) >= 11 is 0. The van der Waals surface area contributed by atoms with Crippen LogP contribution < -0.4 is 11.1 Å². The Kier molecular flexibility index (Phi) is 3.87. The fourth-order valence-corrected chi connectivity index (χ4v) is 4.37. The number of hydrogen-bond acceptors (Lipinski definition) is 5. The van der Waals surface area contributed by atoms with Crippen molar-refractivity contribution >= 4 is 15.7 Å². The van der Waals surface area contributed by atoms with Crippen LogP contribution in [0, 0.1) is 5.92 Å². The van der Waals surface area contributed by atoms with Gasteiger partial charge in [0, 0.05) is 17.8 Å². The van der Waals surface area contributed by atoms with Gasteiger partial charge in [-0.2, -0.15) is 0 Å². The summed E-state index contributed by atoms with van der Waals surface area (Å²) < 4.78 is 23.2. The Labute approximate surface area is 108 Å². The van der Waals surface area contributed by atoms with Crippen molar-refractivity contribution in [3.8, 4) is 0 Å². The molecule has 0 aromatic carbocycles. The summed E-state index contributed by atoms with van der Waals surface area (Å²) in [5, 5.41) is 3.34. The third kappa shape index (κ3) is 2.81. The normalized spacial score (nSPS) is 23.9. The molecule has 2 rings (SSSR count). The lowest BCUT2D eigenvalue weighted by Crippen LogP contribution is -2.30. The topological polar surface area (TPSA) is 85.1 Å². The number of aromatic nitrogens is 1. The summed E-state index contributed by atoms with van der Waals surface area (Å²) in [5.74, 6) is 1.08. The maximum Gasteiger partial charge on any atom is 0.150 e. The lowest BCUT2D eigenvalue weighted by atomic mass is 9.93. The van der Waals surface area contributed by atoms with Crippen molar-refractivity contribution in [2.24, 2.45) is 5.92 Å². The first-order chi connectivity index (χ1) is 8.53.